The molecular formula is C7H11NO4. The number of aliphatic hydroxyl groups excluding tert-OH is 1. The lowest BCUT2D eigenvalue weighted by Crippen LogP contribution is -2.41. The van der Waals surface area contributed by atoms with Crippen molar-refractivity contribution in [1.29, 1.82) is 0 Å². The Kier molecular flexibility index (Phi) is 2.65. The average molecular weight is 173 g/mol. The van der Waals surface area contributed by atoms with E-state index >= 15 is 0 Å². The first-order valence-electron chi connectivity index (χ1n) is 3.80. The van der Waals surface area contributed by atoms with Crippen LogP contribution in [0, 0.1) is 0 Å². The molecule has 2 N–H and O–H groups in total. The van der Waals surface area contributed by atoms with Crippen LogP contribution < -0.4 is 0 Å². The number of carbonyl (C=O) groups excluding carboxylic acids is 1. The molecule has 1 heterocycles. The minimum Gasteiger partial charge on any atom is -0.480 e. The number of hydrogen-bond acceptors (Lipinski definition) is 3. The molecule has 0 aliphatic carbocycles. The summed E-state index contributed by atoms with van der Waals surface area (Å²) in [6.45, 7) is -0.167. The molecule has 68 valence electrons. The topological polar surface area (TPSA) is 77.8 Å². The standard InChI is InChI=1S/C7H11NO4/c9-4-6(10)8-3-1-2-5(8)7(11)12/h5,9H,1-4H2,(H,11,12). The summed E-state index contributed by atoms with van der Waals surface area (Å²) in [7, 11) is 0. The number of carbonyl (C=O) groups is 2. The molecule has 0 radical (unpaired) electrons. The van der Waals surface area contributed by atoms with Gasteiger partial charge in [-0.3, -0.25) is 4.79 Å². The van der Waals surface area contributed by atoms with Gasteiger partial charge in [0, 0.05) is 6.54 Å². The molecule has 0 spiro atoms. The Labute approximate surface area is 69.6 Å². The van der Waals surface area contributed by atoms with Gasteiger partial charge in [0.1, 0.15) is 12.6 Å². The Morgan fingerprint density at radius 3 is 2.67 bits per heavy atom. The van der Waals surface area contributed by atoms with Crippen molar-refractivity contribution in [2.45, 2.75) is 18.9 Å². The highest BCUT2D eigenvalue weighted by Gasteiger charge is 2.33. The van der Waals surface area contributed by atoms with E-state index in [-0.39, 0.29) is 0 Å². The molecular weight excluding hydrogens is 162 g/mol. The lowest BCUT2D eigenvalue weighted by atomic mass is 10.2. The SMILES string of the molecule is O=C(O)C1CCCN1C(=O)CO. The summed E-state index contributed by atoms with van der Waals surface area (Å²) in [5.74, 6) is -1.49. The molecule has 12 heavy (non-hydrogen) atoms. The number of hydrogen-bond donors (Lipinski definition) is 2. The zero-order valence-electron chi connectivity index (χ0n) is 6.56. The molecule has 1 amide bonds. The maximum absolute atomic E-state index is 10.9. The number of amides is 1. The molecule has 5 heteroatoms. The fourth-order valence-corrected chi connectivity index (χ4v) is 1.41. The van der Waals surface area contributed by atoms with Gasteiger partial charge in [-0.05, 0) is 12.8 Å². The van der Waals surface area contributed by atoms with E-state index in [0.717, 1.165) is 0 Å². The van der Waals surface area contributed by atoms with Crippen molar-refractivity contribution in [3.8, 4) is 0 Å². The van der Waals surface area contributed by atoms with E-state index in [9.17, 15) is 9.59 Å². The summed E-state index contributed by atoms with van der Waals surface area (Å²) >= 11 is 0. The second-order valence-electron chi connectivity index (χ2n) is 2.74. The van der Waals surface area contributed by atoms with Gasteiger partial charge in [-0.15, -0.1) is 0 Å². The van der Waals surface area contributed by atoms with E-state index < -0.39 is 24.5 Å². The van der Waals surface area contributed by atoms with Crippen molar-refractivity contribution >= 4 is 11.9 Å². The van der Waals surface area contributed by atoms with Gasteiger partial charge in [-0.1, -0.05) is 0 Å². The summed E-state index contributed by atoms with van der Waals surface area (Å²) in [6, 6.07) is -0.732. The van der Waals surface area contributed by atoms with E-state index in [0.29, 0.717) is 19.4 Å². The molecule has 1 unspecified atom stereocenters. The minimum absolute atomic E-state index is 0.441. The quantitative estimate of drug-likeness (QED) is 0.564. The van der Waals surface area contributed by atoms with Gasteiger partial charge in [0.2, 0.25) is 5.91 Å². The molecule has 1 aliphatic rings. The third kappa shape index (κ3) is 1.55. The van der Waals surface area contributed by atoms with Crippen LogP contribution in [0.2, 0.25) is 0 Å². The summed E-state index contributed by atoms with van der Waals surface area (Å²) in [6.07, 6.45) is 1.18. The first kappa shape index (κ1) is 8.99. The predicted molar refractivity (Wildman–Crippen MR) is 39.5 cm³/mol. The van der Waals surface area contributed by atoms with Crippen LogP contribution in [0.5, 0.6) is 0 Å². The smallest absolute Gasteiger partial charge is 0.326 e. The minimum atomic E-state index is -0.991. The van der Waals surface area contributed by atoms with Crippen molar-refractivity contribution in [3.63, 3.8) is 0 Å². The van der Waals surface area contributed by atoms with Gasteiger partial charge in [-0.25, -0.2) is 4.79 Å². The van der Waals surface area contributed by atoms with Crippen molar-refractivity contribution in [3.05, 3.63) is 0 Å². The van der Waals surface area contributed by atoms with Crippen LogP contribution in [0.15, 0.2) is 0 Å². The first-order valence-corrected chi connectivity index (χ1v) is 3.80. The van der Waals surface area contributed by atoms with Crippen molar-refractivity contribution in [1.82, 2.24) is 4.90 Å². The van der Waals surface area contributed by atoms with Crippen molar-refractivity contribution in [2.24, 2.45) is 0 Å². The van der Waals surface area contributed by atoms with Gasteiger partial charge in [0.15, 0.2) is 0 Å². The van der Waals surface area contributed by atoms with Crippen LogP contribution in [0.4, 0.5) is 0 Å². The number of carboxylic acid groups (broad SMARTS) is 1. The number of nitrogens with zero attached hydrogens (tertiary/aromatic N) is 1. The van der Waals surface area contributed by atoms with Crippen molar-refractivity contribution < 1.29 is 19.8 Å². The Balaban J connectivity index is 2.63. The van der Waals surface area contributed by atoms with Gasteiger partial charge in [0.25, 0.3) is 0 Å². The first-order chi connectivity index (χ1) is 5.66. The summed E-state index contributed by atoms with van der Waals surface area (Å²) in [5, 5.41) is 17.2. The molecule has 1 saturated heterocycles. The molecule has 0 saturated carbocycles. The zero-order valence-corrected chi connectivity index (χ0v) is 6.56. The summed E-state index contributed by atoms with van der Waals surface area (Å²) in [4.78, 5) is 22.7. The third-order valence-electron chi connectivity index (χ3n) is 1.99. The lowest BCUT2D eigenvalue weighted by Gasteiger charge is -2.19. The van der Waals surface area contributed by atoms with Gasteiger partial charge < -0.3 is 15.1 Å². The number of carboxylic acids is 1. The van der Waals surface area contributed by atoms with E-state index in [4.69, 9.17) is 10.2 Å². The number of aliphatic carboxylic acids is 1. The van der Waals surface area contributed by atoms with Gasteiger partial charge >= 0.3 is 5.97 Å². The maximum Gasteiger partial charge on any atom is 0.326 e. The van der Waals surface area contributed by atoms with Crippen LogP contribution in [-0.2, 0) is 9.59 Å². The van der Waals surface area contributed by atoms with E-state index in [1.807, 2.05) is 0 Å². The molecule has 1 fully saturated rings. The largest absolute Gasteiger partial charge is 0.480 e. The molecule has 1 rings (SSSR count). The Morgan fingerprint density at radius 1 is 1.50 bits per heavy atom. The fourth-order valence-electron chi connectivity index (χ4n) is 1.41. The van der Waals surface area contributed by atoms with Crippen LogP contribution >= 0.6 is 0 Å². The molecule has 0 aromatic heterocycles. The Hall–Kier alpha value is -1.10. The molecule has 1 aliphatic heterocycles. The normalized spacial score (nSPS) is 22.8. The molecule has 0 bridgehead atoms. The number of likely N-dealkylation sites (tertiary alicyclic amines) is 1. The highest BCUT2D eigenvalue weighted by atomic mass is 16.4. The maximum atomic E-state index is 10.9. The monoisotopic (exact) mass is 173 g/mol. The van der Waals surface area contributed by atoms with Crippen LogP contribution in [0.25, 0.3) is 0 Å². The molecule has 1 atom stereocenters. The second-order valence-corrected chi connectivity index (χ2v) is 2.74. The average Bonchev–Trinajstić information content (AvgIpc) is 2.50. The van der Waals surface area contributed by atoms with Crippen LogP contribution in [0.1, 0.15) is 12.8 Å². The summed E-state index contributed by atoms with van der Waals surface area (Å²) < 4.78 is 0. The Bertz CT molecular complexity index is 204. The van der Waals surface area contributed by atoms with Gasteiger partial charge in [0.05, 0.1) is 0 Å². The van der Waals surface area contributed by atoms with Crippen molar-refractivity contribution in [2.75, 3.05) is 13.2 Å². The highest BCUT2D eigenvalue weighted by molar-refractivity contribution is 5.84. The molecule has 0 aromatic carbocycles. The second kappa shape index (κ2) is 3.53. The lowest BCUT2D eigenvalue weighted by molar-refractivity contribution is -0.149. The van der Waals surface area contributed by atoms with Gasteiger partial charge in [-0.2, -0.15) is 0 Å². The number of rotatable bonds is 2. The van der Waals surface area contributed by atoms with E-state index in [1.165, 1.54) is 4.90 Å². The zero-order chi connectivity index (χ0) is 9.14. The van der Waals surface area contributed by atoms with E-state index in [1.54, 1.807) is 0 Å². The molecule has 0 aromatic rings. The third-order valence-corrected chi connectivity index (χ3v) is 1.99. The van der Waals surface area contributed by atoms with Crippen LogP contribution in [0.3, 0.4) is 0 Å². The van der Waals surface area contributed by atoms with E-state index in [2.05, 4.69) is 0 Å². The van der Waals surface area contributed by atoms with Crippen LogP contribution in [-0.4, -0.2) is 46.2 Å². The Morgan fingerprint density at radius 2 is 2.17 bits per heavy atom. The molecule has 5 nitrogen and oxygen atoms in total. The number of aliphatic hydroxyl groups is 1. The predicted octanol–water partition coefficient (Wildman–Crippen LogP) is -0.946. The highest BCUT2D eigenvalue weighted by Crippen LogP contribution is 2.16. The fraction of sp³-hybridized carbons (Fsp3) is 0.714. The summed E-state index contributed by atoms with van der Waals surface area (Å²) in [5.41, 5.74) is 0.